The number of ether oxygens (including phenoxy) is 1. The summed E-state index contributed by atoms with van der Waals surface area (Å²) in [5.41, 5.74) is 1.31. The molecular formula is C15H16FN3O3S. The minimum Gasteiger partial charge on any atom is -0.448 e. The van der Waals surface area contributed by atoms with Crippen molar-refractivity contribution >= 4 is 29.1 Å². The van der Waals surface area contributed by atoms with Crippen LogP contribution in [-0.2, 0) is 16.0 Å². The van der Waals surface area contributed by atoms with Crippen molar-refractivity contribution in [3.8, 4) is 0 Å². The lowest BCUT2D eigenvalue weighted by Gasteiger charge is -2.13. The van der Waals surface area contributed by atoms with Gasteiger partial charge >= 0.3 is 5.97 Å². The number of esters is 1. The van der Waals surface area contributed by atoms with Crippen LogP contribution in [0.5, 0.6) is 0 Å². The number of aromatic nitrogens is 2. The van der Waals surface area contributed by atoms with Gasteiger partial charge < -0.3 is 10.1 Å². The third-order valence-corrected chi connectivity index (χ3v) is 3.92. The molecule has 0 saturated heterocycles. The van der Waals surface area contributed by atoms with E-state index in [1.165, 1.54) is 13.0 Å². The molecule has 0 radical (unpaired) electrons. The summed E-state index contributed by atoms with van der Waals surface area (Å²) in [6, 6.07) is 4.34. The number of nitrogens with zero attached hydrogens (tertiary/aromatic N) is 2. The molecule has 8 heteroatoms. The van der Waals surface area contributed by atoms with Crippen LogP contribution in [0.4, 0.5) is 10.1 Å². The number of halogens is 1. The van der Waals surface area contributed by atoms with Crippen molar-refractivity contribution in [1.29, 1.82) is 0 Å². The van der Waals surface area contributed by atoms with Gasteiger partial charge in [-0.05, 0) is 49.5 Å². The summed E-state index contributed by atoms with van der Waals surface area (Å²) in [5, 5.41) is 6.32. The molecule has 1 amide bonds. The number of aryl methyl sites for hydroxylation is 2. The summed E-state index contributed by atoms with van der Waals surface area (Å²) < 4.78 is 22.3. The minimum absolute atomic E-state index is 0.286. The third kappa shape index (κ3) is 4.10. The van der Waals surface area contributed by atoms with Gasteiger partial charge in [-0.1, -0.05) is 17.5 Å². The van der Waals surface area contributed by atoms with Gasteiger partial charge in [0.15, 0.2) is 11.0 Å². The first-order valence-electron chi connectivity index (χ1n) is 7.01. The van der Waals surface area contributed by atoms with E-state index in [1.54, 1.807) is 19.1 Å². The molecule has 1 N–H and O–H groups in total. The van der Waals surface area contributed by atoms with E-state index in [0.717, 1.165) is 11.5 Å². The molecule has 0 unspecified atom stereocenters. The fourth-order valence-corrected chi connectivity index (χ4v) is 2.41. The maximum absolute atomic E-state index is 13.5. The Morgan fingerprint density at radius 1 is 1.43 bits per heavy atom. The summed E-state index contributed by atoms with van der Waals surface area (Å²) in [6.07, 6.45) is -0.483. The predicted molar refractivity (Wildman–Crippen MR) is 83.9 cm³/mol. The molecule has 0 spiro atoms. The number of carbonyl (C=O) groups is 2. The number of hydrogen-bond donors (Lipinski definition) is 1. The Morgan fingerprint density at radius 3 is 2.83 bits per heavy atom. The highest BCUT2D eigenvalue weighted by atomic mass is 32.1. The number of rotatable bonds is 5. The Balaban J connectivity index is 1.99. The van der Waals surface area contributed by atoms with Crippen molar-refractivity contribution in [3.05, 3.63) is 40.2 Å². The van der Waals surface area contributed by atoms with Crippen LogP contribution in [0.15, 0.2) is 18.2 Å². The van der Waals surface area contributed by atoms with Crippen LogP contribution in [0.3, 0.4) is 0 Å². The van der Waals surface area contributed by atoms with E-state index >= 15 is 0 Å². The Kier molecular flexibility index (Phi) is 5.38. The molecule has 1 atom stereocenters. The van der Waals surface area contributed by atoms with E-state index in [4.69, 9.17) is 4.74 Å². The predicted octanol–water partition coefficient (Wildman–Crippen LogP) is 2.73. The molecule has 0 fully saturated rings. The van der Waals surface area contributed by atoms with Crippen molar-refractivity contribution in [2.75, 3.05) is 5.32 Å². The number of carbonyl (C=O) groups excluding carboxylic acids is 2. The molecule has 1 heterocycles. The Labute approximate surface area is 136 Å². The highest BCUT2D eigenvalue weighted by Crippen LogP contribution is 2.16. The van der Waals surface area contributed by atoms with E-state index in [-0.39, 0.29) is 4.88 Å². The van der Waals surface area contributed by atoms with Crippen LogP contribution < -0.4 is 5.32 Å². The average molecular weight is 337 g/mol. The normalized spacial score (nSPS) is 11.8. The molecule has 2 rings (SSSR count). The Morgan fingerprint density at radius 2 is 2.17 bits per heavy atom. The molecular weight excluding hydrogens is 321 g/mol. The first kappa shape index (κ1) is 17.0. The van der Waals surface area contributed by atoms with E-state index in [2.05, 4.69) is 14.9 Å². The van der Waals surface area contributed by atoms with Gasteiger partial charge in [0.2, 0.25) is 0 Å². The number of benzene rings is 1. The summed E-state index contributed by atoms with van der Waals surface area (Å²) in [4.78, 5) is 24.3. The molecule has 2 aromatic rings. The molecule has 0 bridgehead atoms. The van der Waals surface area contributed by atoms with Crippen LogP contribution in [0.25, 0.3) is 0 Å². The quantitative estimate of drug-likeness (QED) is 0.849. The lowest BCUT2D eigenvalue weighted by Crippen LogP contribution is -2.30. The first-order valence-corrected chi connectivity index (χ1v) is 7.79. The third-order valence-electron chi connectivity index (χ3n) is 3.17. The molecule has 6 nitrogen and oxygen atoms in total. The van der Waals surface area contributed by atoms with Gasteiger partial charge in [0.25, 0.3) is 5.91 Å². The zero-order chi connectivity index (χ0) is 17.0. The molecule has 1 aromatic carbocycles. The van der Waals surface area contributed by atoms with E-state index in [9.17, 15) is 14.0 Å². The Bertz CT molecular complexity index is 733. The summed E-state index contributed by atoms with van der Waals surface area (Å²) >= 11 is 0.927. The molecule has 1 aromatic heterocycles. The lowest BCUT2D eigenvalue weighted by atomic mass is 10.2. The van der Waals surface area contributed by atoms with Crippen molar-refractivity contribution in [3.63, 3.8) is 0 Å². The molecule has 122 valence electrons. The SMILES string of the molecule is CCc1nnsc1C(=O)O[C@H](C)C(=O)Nc1ccc(C)c(F)c1. The first-order chi connectivity index (χ1) is 10.9. The summed E-state index contributed by atoms with van der Waals surface area (Å²) in [7, 11) is 0. The summed E-state index contributed by atoms with van der Waals surface area (Å²) in [6.45, 7) is 4.91. The van der Waals surface area contributed by atoms with Gasteiger partial charge in [-0.25, -0.2) is 9.18 Å². The highest BCUT2D eigenvalue weighted by molar-refractivity contribution is 7.07. The number of anilines is 1. The van der Waals surface area contributed by atoms with Crippen LogP contribution in [0.1, 0.15) is 34.8 Å². The highest BCUT2D eigenvalue weighted by Gasteiger charge is 2.23. The van der Waals surface area contributed by atoms with Gasteiger partial charge in [0, 0.05) is 5.69 Å². The number of amides is 1. The van der Waals surface area contributed by atoms with Gasteiger partial charge in [0.05, 0.1) is 5.69 Å². The van der Waals surface area contributed by atoms with Crippen LogP contribution in [-0.4, -0.2) is 27.6 Å². The van der Waals surface area contributed by atoms with E-state index in [1.807, 2.05) is 6.92 Å². The van der Waals surface area contributed by atoms with Gasteiger partial charge in [-0.2, -0.15) is 0 Å². The number of hydrogen-bond acceptors (Lipinski definition) is 6. The molecule has 0 aliphatic carbocycles. The maximum atomic E-state index is 13.5. The molecule has 0 aliphatic rings. The smallest absolute Gasteiger partial charge is 0.352 e. The zero-order valence-corrected chi connectivity index (χ0v) is 13.7. The fourth-order valence-electron chi connectivity index (χ4n) is 1.78. The standard InChI is InChI=1S/C15H16FN3O3S/c1-4-12-13(23-19-18-12)15(21)22-9(3)14(20)17-10-6-5-8(2)11(16)7-10/h5-7,9H,4H2,1-3H3,(H,17,20)/t9-/m1/s1. The molecule has 0 aliphatic heterocycles. The van der Waals surface area contributed by atoms with Crippen molar-refractivity contribution in [2.24, 2.45) is 0 Å². The number of nitrogens with one attached hydrogen (secondary N) is 1. The van der Waals surface area contributed by atoms with Crippen LogP contribution in [0.2, 0.25) is 0 Å². The van der Waals surface area contributed by atoms with Crippen molar-refractivity contribution in [1.82, 2.24) is 9.59 Å². The van der Waals surface area contributed by atoms with Crippen molar-refractivity contribution < 1.29 is 18.7 Å². The minimum atomic E-state index is -1.03. The second-order valence-electron chi connectivity index (χ2n) is 4.90. The van der Waals surface area contributed by atoms with Gasteiger partial charge in [0.1, 0.15) is 5.82 Å². The lowest BCUT2D eigenvalue weighted by molar-refractivity contribution is -0.123. The fraction of sp³-hybridized carbons (Fsp3) is 0.333. The van der Waals surface area contributed by atoms with Gasteiger partial charge in [-0.3, -0.25) is 4.79 Å². The molecule has 23 heavy (non-hydrogen) atoms. The van der Waals surface area contributed by atoms with E-state index in [0.29, 0.717) is 23.4 Å². The zero-order valence-electron chi connectivity index (χ0n) is 12.9. The second-order valence-corrected chi connectivity index (χ2v) is 5.66. The molecule has 0 saturated carbocycles. The van der Waals surface area contributed by atoms with Crippen LogP contribution in [0, 0.1) is 12.7 Å². The van der Waals surface area contributed by atoms with Crippen LogP contribution >= 0.6 is 11.5 Å². The average Bonchev–Trinajstić information content (AvgIpc) is 2.99. The van der Waals surface area contributed by atoms with E-state index < -0.39 is 23.8 Å². The summed E-state index contributed by atoms with van der Waals surface area (Å²) in [5.74, 6) is -1.61. The van der Waals surface area contributed by atoms with Gasteiger partial charge in [-0.15, -0.1) is 5.10 Å². The second kappa shape index (κ2) is 7.28. The monoisotopic (exact) mass is 337 g/mol. The van der Waals surface area contributed by atoms with Crippen molar-refractivity contribution in [2.45, 2.75) is 33.3 Å². The maximum Gasteiger partial charge on any atom is 0.352 e. The topological polar surface area (TPSA) is 81.2 Å². The largest absolute Gasteiger partial charge is 0.448 e. The Hall–Kier alpha value is -2.35.